The Hall–Kier alpha value is -3.37. The number of rotatable bonds is 6. The van der Waals surface area contributed by atoms with Crippen LogP contribution < -0.4 is 11.2 Å². The molecule has 1 fully saturated rings. The van der Waals surface area contributed by atoms with Crippen molar-refractivity contribution in [1.29, 1.82) is 0 Å². The summed E-state index contributed by atoms with van der Waals surface area (Å²) in [5.41, 5.74) is 8.90. The van der Waals surface area contributed by atoms with Gasteiger partial charge in [0.15, 0.2) is 0 Å². The molecule has 1 saturated heterocycles. The molecule has 10 heteroatoms. The van der Waals surface area contributed by atoms with Crippen LogP contribution in [0.15, 0.2) is 36.7 Å². The molecule has 3 aromatic rings. The number of carbonyl (C=O) groups is 2. The Morgan fingerprint density at radius 1 is 1.16 bits per heavy atom. The highest BCUT2D eigenvalue weighted by molar-refractivity contribution is 5.96. The van der Waals surface area contributed by atoms with Gasteiger partial charge < -0.3 is 10.3 Å². The van der Waals surface area contributed by atoms with Crippen molar-refractivity contribution in [1.82, 2.24) is 19.9 Å². The summed E-state index contributed by atoms with van der Waals surface area (Å²) < 4.78 is 29.3. The van der Waals surface area contributed by atoms with Gasteiger partial charge >= 0.3 is 0 Å². The van der Waals surface area contributed by atoms with Crippen molar-refractivity contribution in [2.24, 2.45) is 11.7 Å². The molecular formula is C22H23F2N5O3. The number of carbonyl (C=O) groups excluding carboxylic acids is 2. The number of fused-ring (bicyclic) bond motifs is 1. The molecular weight excluding hydrogens is 420 g/mol. The van der Waals surface area contributed by atoms with Crippen LogP contribution in [0, 0.1) is 17.6 Å². The number of amides is 2. The highest BCUT2D eigenvalue weighted by atomic mass is 19.1. The first-order valence-corrected chi connectivity index (χ1v) is 10.2. The van der Waals surface area contributed by atoms with E-state index in [2.05, 4.69) is 9.88 Å². The van der Waals surface area contributed by atoms with E-state index in [1.165, 1.54) is 18.3 Å². The molecule has 0 radical (unpaired) electrons. The van der Waals surface area contributed by atoms with Gasteiger partial charge in [-0.2, -0.15) is 0 Å². The fourth-order valence-corrected chi connectivity index (χ4v) is 4.15. The lowest BCUT2D eigenvalue weighted by molar-refractivity contribution is -0.123. The zero-order chi connectivity index (χ0) is 22.8. The van der Waals surface area contributed by atoms with E-state index in [0.29, 0.717) is 43.6 Å². The maximum atomic E-state index is 14.2. The lowest BCUT2D eigenvalue weighted by Gasteiger charge is -2.30. The third-order valence-corrected chi connectivity index (χ3v) is 5.92. The minimum absolute atomic E-state index is 0.0411. The summed E-state index contributed by atoms with van der Waals surface area (Å²) in [6.45, 7) is 2.09. The number of halogens is 2. The predicted octanol–water partition coefficient (Wildman–Crippen LogP) is 2.18. The summed E-state index contributed by atoms with van der Waals surface area (Å²) in [6, 6.07) is 5.01. The van der Waals surface area contributed by atoms with E-state index in [0.717, 1.165) is 17.0 Å². The third-order valence-electron chi connectivity index (χ3n) is 5.92. The summed E-state index contributed by atoms with van der Waals surface area (Å²) in [5.74, 6) is -2.44. The Balaban J connectivity index is 1.67. The van der Waals surface area contributed by atoms with Crippen LogP contribution in [-0.4, -0.2) is 44.6 Å². The van der Waals surface area contributed by atoms with E-state index in [1.807, 2.05) is 6.20 Å². The van der Waals surface area contributed by atoms with Gasteiger partial charge in [-0.3, -0.25) is 19.7 Å². The fourth-order valence-electron chi connectivity index (χ4n) is 4.15. The van der Waals surface area contributed by atoms with Gasteiger partial charge in [0.1, 0.15) is 17.3 Å². The maximum absolute atomic E-state index is 14.2. The number of piperidine rings is 1. The van der Waals surface area contributed by atoms with Crippen molar-refractivity contribution in [2.75, 3.05) is 13.1 Å². The van der Waals surface area contributed by atoms with Crippen molar-refractivity contribution in [2.45, 2.75) is 25.9 Å². The van der Waals surface area contributed by atoms with Crippen molar-refractivity contribution < 1.29 is 23.6 Å². The van der Waals surface area contributed by atoms with Crippen LogP contribution in [0.3, 0.4) is 0 Å². The number of likely N-dealkylation sites (tertiary alicyclic amines) is 1. The average molecular weight is 443 g/mol. The quantitative estimate of drug-likeness (QED) is 0.399. The van der Waals surface area contributed by atoms with Gasteiger partial charge in [-0.25, -0.2) is 19.2 Å². The van der Waals surface area contributed by atoms with E-state index in [-0.39, 0.29) is 24.1 Å². The molecule has 1 aliphatic heterocycles. The van der Waals surface area contributed by atoms with Gasteiger partial charge in [0.2, 0.25) is 5.91 Å². The molecule has 4 rings (SSSR count). The van der Waals surface area contributed by atoms with Crippen LogP contribution in [0.5, 0.6) is 0 Å². The highest BCUT2D eigenvalue weighted by Crippen LogP contribution is 2.27. The van der Waals surface area contributed by atoms with E-state index in [4.69, 9.17) is 10.9 Å². The lowest BCUT2D eigenvalue weighted by atomic mass is 9.96. The second-order valence-electron chi connectivity index (χ2n) is 8.00. The molecule has 0 atom stereocenters. The average Bonchev–Trinajstić information content (AvgIpc) is 3.11. The van der Waals surface area contributed by atoms with Crippen LogP contribution in [0.1, 0.15) is 34.5 Å². The smallest absolute Gasteiger partial charge is 0.293 e. The Kier molecular flexibility index (Phi) is 6.15. The van der Waals surface area contributed by atoms with Gasteiger partial charge in [0.25, 0.3) is 5.91 Å². The summed E-state index contributed by atoms with van der Waals surface area (Å²) in [5, 5.41) is 9.68. The molecule has 3 heterocycles. The number of hydrogen-bond acceptors (Lipinski definition) is 5. The number of nitrogens with one attached hydrogen (secondary N) is 1. The number of primary amides is 1. The first kappa shape index (κ1) is 21.8. The number of nitrogens with two attached hydrogens (primary N) is 1. The number of hydrogen-bond donors (Lipinski definition) is 3. The Bertz CT molecular complexity index is 1170. The number of nitrogens with zero attached hydrogens (tertiary/aromatic N) is 3. The SMILES string of the molecule is NC(=O)C1CCN(Cc2cn(Cc3ccc(F)cc3F)c3cnc(C(=O)NO)cc23)CC1. The topological polar surface area (TPSA) is 113 Å². The molecule has 0 bridgehead atoms. The van der Waals surface area contributed by atoms with Gasteiger partial charge in [0.05, 0.1) is 18.3 Å². The van der Waals surface area contributed by atoms with Crippen molar-refractivity contribution in [3.05, 3.63) is 65.1 Å². The Labute approximate surface area is 182 Å². The van der Waals surface area contributed by atoms with Crippen LogP contribution in [0.2, 0.25) is 0 Å². The zero-order valence-corrected chi connectivity index (χ0v) is 17.2. The number of pyridine rings is 1. The molecule has 32 heavy (non-hydrogen) atoms. The predicted molar refractivity (Wildman–Crippen MR) is 112 cm³/mol. The first-order chi connectivity index (χ1) is 15.4. The van der Waals surface area contributed by atoms with Gasteiger partial charge in [-0.15, -0.1) is 0 Å². The summed E-state index contributed by atoms with van der Waals surface area (Å²) in [4.78, 5) is 29.6. The van der Waals surface area contributed by atoms with Crippen LogP contribution in [0.25, 0.3) is 10.9 Å². The maximum Gasteiger partial charge on any atom is 0.293 e. The normalized spacial score (nSPS) is 15.2. The Morgan fingerprint density at radius 3 is 2.56 bits per heavy atom. The first-order valence-electron chi connectivity index (χ1n) is 10.2. The molecule has 2 amide bonds. The standard InChI is InChI=1S/C22H23F2N5O3/c23-16-2-1-14(18(24)7-16)11-29-12-15(10-28-5-3-13(4-6-28)21(25)30)17-8-19(22(31)27-32)26-9-20(17)29/h1-2,7-9,12-13,32H,3-6,10-11H2,(H2,25,30)(H,27,31). The van der Waals surface area contributed by atoms with Gasteiger partial charge in [-0.1, -0.05) is 6.07 Å². The second-order valence-corrected chi connectivity index (χ2v) is 8.00. The molecule has 0 unspecified atom stereocenters. The van der Waals surface area contributed by atoms with E-state index in [9.17, 15) is 18.4 Å². The van der Waals surface area contributed by atoms with Crippen LogP contribution in [0.4, 0.5) is 8.78 Å². The molecule has 168 valence electrons. The largest absolute Gasteiger partial charge is 0.369 e. The minimum atomic E-state index is -0.738. The van der Waals surface area contributed by atoms with E-state index < -0.39 is 17.5 Å². The lowest BCUT2D eigenvalue weighted by Crippen LogP contribution is -2.38. The molecule has 1 aliphatic rings. The number of benzene rings is 1. The Morgan fingerprint density at radius 2 is 1.91 bits per heavy atom. The molecule has 0 aliphatic carbocycles. The van der Waals surface area contributed by atoms with Crippen LogP contribution in [-0.2, 0) is 17.9 Å². The van der Waals surface area contributed by atoms with Crippen molar-refractivity contribution in [3.8, 4) is 0 Å². The van der Waals surface area contributed by atoms with Crippen molar-refractivity contribution >= 4 is 22.7 Å². The molecule has 2 aromatic heterocycles. The van der Waals surface area contributed by atoms with E-state index in [1.54, 1.807) is 16.1 Å². The monoisotopic (exact) mass is 443 g/mol. The number of aromatic nitrogens is 2. The highest BCUT2D eigenvalue weighted by Gasteiger charge is 2.24. The van der Waals surface area contributed by atoms with Gasteiger partial charge in [0, 0.05) is 35.7 Å². The summed E-state index contributed by atoms with van der Waals surface area (Å²) >= 11 is 0. The molecule has 0 spiro atoms. The summed E-state index contributed by atoms with van der Waals surface area (Å²) in [7, 11) is 0. The summed E-state index contributed by atoms with van der Waals surface area (Å²) in [6.07, 6.45) is 4.70. The van der Waals surface area contributed by atoms with Gasteiger partial charge in [-0.05, 0) is 43.6 Å². The number of hydroxylamine groups is 1. The van der Waals surface area contributed by atoms with Crippen molar-refractivity contribution in [3.63, 3.8) is 0 Å². The second kappa shape index (κ2) is 9.01. The zero-order valence-electron chi connectivity index (χ0n) is 17.2. The molecule has 1 aromatic carbocycles. The van der Waals surface area contributed by atoms with E-state index >= 15 is 0 Å². The van der Waals surface area contributed by atoms with Crippen LogP contribution >= 0.6 is 0 Å². The minimum Gasteiger partial charge on any atom is -0.369 e. The fraction of sp³-hybridized carbons (Fsp3) is 0.318. The molecule has 8 nitrogen and oxygen atoms in total. The molecule has 0 saturated carbocycles. The third kappa shape index (κ3) is 4.46. The molecule has 4 N–H and O–H groups in total.